The Morgan fingerprint density at radius 2 is 1.70 bits per heavy atom. The van der Waals surface area contributed by atoms with Crippen LogP contribution in [-0.2, 0) is 26.2 Å². The second-order valence-corrected chi connectivity index (χ2v) is 13.1. The first-order chi connectivity index (χ1) is 20.6. The number of sulfonamides is 1. The Kier molecular flexibility index (Phi) is 11.1. The van der Waals surface area contributed by atoms with Gasteiger partial charge in [-0.3, -0.25) is 13.9 Å². The number of hydrogen-bond donors (Lipinski definition) is 1. The molecule has 0 aromatic heterocycles. The van der Waals surface area contributed by atoms with Crippen molar-refractivity contribution in [3.05, 3.63) is 88.9 Å². The highest BCUT2D eigenvalue weighted by Gasteiger charge is 2.35. The molecule has 3 aromatic carbocycles. The lowest BCUT2D eigenvalue weighted by Crippen LogP contribution is -2.53. The van der Waals surface area contributed by atoms with Crippen molar-refractivity contribution in [1.29, 1.82) is 0 Å². The predicted molar refractivity (Wildman–Crippen MR) is 170 cm³/mol. The molecule has 0 heterocycles. The van der Waals surface area contributed by atoms with Gasteiger partial charge in [0.05, 0.1) is 17.2 Å². The lowest BCUT2D eigenvalue weighted by atomic mass is 10.1. The Morgan fingerprint density at radius 1 is 1.00 bits per heavy atom. The zero-order chi connectivity index (χ0) is 31.0. The van der Waals surface area contributed by atoms with Crippen molar-refractivity contribution in [2.45, 2.75) is 76.4 Å². The number of amides is 2. The molecule has 2 amide bonds. The van der Waals surface area contributed by atoms with E-state index in [1.54, 1.807) is 31.2 Å². The van der Waals surface area contributed by atoms with Gasteiger partial charge in [-0.25, -0.2) is 8.42 Å². The molecule has 0 radical (unpaired) electrons. The van der Waals surface area contributed by atoms with E-state index in [1.165, 1.54) is 29.2 Å². The van der Waals surface area contributed by atoms with Crippen molar-refractivity contribution < 1.29 is 22.7 Å². The van der Waals surface area contributed by atoms with Gasteiger partial charge in [0.1, 0.15) is 18.3 Å². The largest absolute Gasteiger partial charge is 0.492 e. The summed E-state index contributed by atoms with van der Waals surface area (Å²) in [5.41, 5.74) is 2.10. The number of rotatable bonds is 13. The fraction of sp³-hybridized carbons (Fsp3) is 0.394. The van der Waals surface area contributed by atoms with Crippen LogP contribution in [0, 0.1) is 6.92 Å². The molecule has 43 heavy (non-hydrogen) atoms. The van der Waals surface area contributed by atoms with Crippen molar-refractivity contribution in [2.24, 2.45) is 0 Å². The second kappa shape index (κ2) is 14.8. The summed E-state index contributed by atoms with van der Waals surface area (Å²) in [6.07, 6.45) is 4.31. The maximum Gasteiger partial charge on any atom is 0.264 e. The average Bonchev–Trinajstić information content (AvgIpc) is 3.49. The molecule has 1 unspecified atom stereocenters. The van der Waals surface area contributed by atoms with Gasteiger partial charge in [0.2, 0.25) is 11.8 Å². The number of carbonyl (C=O) groups excluding carboxylic acids is 2. The monoisotopic (exact) mass is 625 g/mol. The Balaban J connectivity index is 1.75. The quantitative estimate of drug-likeness (QED) is 0.247. The Bertz CT molecular complexity index is 1510. The van der Waals surface area contributed by atoms with Crippen LogP contribution in [0.15, 0.2) is 77.7 Å². The third-order valence-corrected chi connectivity index (χ3v) is 9.66. The molecule has 0 bridgehead atoms. The molecule has 0 aliphatic heterocycles. The van der Waals surface area contributed by atoms with Gasteiger partial charge in [0, 0.05) is 17.6 Å². The van der Waals surface area contributed by atoms with Crippen LogP contribution < -0.4 is 14.4 Å². The third-order valence-electron chi connectivity index (χ3n) is 7.64. The van der Waals surface area contributed by atoms with Gasteiger partial charge in [-0.1, -0.05) is 73.3 Å². The molecule has 4 rings (SSSR count). The number of nitrogens with zero attached hydrogens (tertiary/aromatic N) is 2. The highest BCUT2D eigenvalue weighted by atomic mass is 35.5. The number of nitrogens with one attached hydrogen (secondary N) is 1. The first-order valence-electron chi connectivity index (χ1n) is 14.8. The summed E-state index contributed by atoms with van der Waals surface area (Å²) in [5.74, 6) is -0.400. The van der Waals surface area contributed by atoms with E-state index in [-0.39, 0.29) is 29.1 Å². The van der Waals surface area contributed by atoms with Gasteiger partial charge in [0.25, 0.3) is 10.0 Å². The molecule has 10 heteroatoms. The highest BCUT2D eigenvalue weighted by molar-refractivity contribution is 7.92. The molecule has 8 nitrogen and oxygen atoms in total. The number of anilines is 1. The summed E-state index contributed by atoms with van der Waals surface area (Å²) in [7, 11) is -4.24. The third kappa shape index (κ3) is 8.09. The van der Waals surface area contributed by atoms with Gasteiger partial charge in [-0.05, 0) is 75.1 Å². The van der Waals surface area contributed by atoms with E-state index in [2.05, 4.69) is 5.32 Å². The van der Waals surface area contributed by atoms with Crippen LogP contribution in [0.2, 0.25) is 5.02 Å². The number of aryl methyl sites for hydroxylation is 1. The summed E-state index contributed by atoms with van der Waals surface area (Å²) in [6.45, 7) is 5.55. The predicted octanol–water partition coefficient (Wildman–Crippen LogP) is 6.11. The van der Waals surface area contributed by atoms with Gasteiger partial charge in [-0.2, -0.15) is 0 Å². The second-order valence-electron chi connectivity index (χ2n) is 10.8. The van der Waals surface area contributed by atoms with Crippen molar-refractivity contribution in [1.82, 2.24) is 10.2 Å². The highest BCUT2D eigenvalue weighted by Crippen LogP contribution is 2.33. The van der Waals surface area contributed by atoms with E-state index >= 15 is 0 Å². The minimum atomic E-state index is -4.24. The van der Waals surface area contributed by atoms with Gasteiger partial charge < -0.3 is 15.0 Å². The molecule has 1 aliphatic rings. The summed E-state index contributed by atoms with van der Waals surface area (Å²) in [6, 6.07) is 19.6. The minimum absolute atomic E-state index is 0.0211. The first kappa shape index (κ1) is 32.4. The molecule has 3 aromatic rings. The summed E-state index contributed by atoms with van der Waals surface area (Å²) < 4.78 is 35.1. The molecule has 1 fully saturated rings. The zero-order valence-electron chi connectivity index (χ0n) is 25.0. The van der Waals surface area contributed by atoms with Crippen LogP contribution in [0.3, 0.4) is 0 Å². The molecular weight excluding hydrogens is 586 g/mol. The molecule has 0 saturated heterocycles. The van der Waals surface area contributed by atoms with E-state index in [0.29, 0.717) is 23.8 Å². The first-order valence-corrected chi connectivity index (χ1v) is 16.6. The molecule has 230 valence electrons. The fourth-order valence-corrected chi connectivity index (χ4v) is 7.03. The smallest absolute Gasteiger partial charge is 0.264 e. The Labute approximate surface area is 260 Å². The van der Waals surface area contributed by atoms with Crippen LogP contribution >= 0.6 is 11.6 Å². The minimum Gasteiger partial charge on any atom is -0.492 e. The van der Waals surface area contributed by atoms with E-state index < -0.39 is 28.5 Å². The zero-order valence-corrected chi connectivity index (χ0v) is 26.5. The summed E-state index contributed by atoms with van der Waals surface area (Å²) >= 11 is 6.05. The number of ether oxygens (including phenoxy) is 1. The number of benzene rings is 3. The standard InChI is InChI=1S/C33H40ClN3O5S/c1-4-29(33(39)35-27-13-6-7-14-27)36(22-25-12-10-11-24(3)21-25)32(38)23-37(30-15-8-9-16-31(30)42-5-2)43(40,41)28-19-17-26(34)18-20-28/h8-12,15-21,27,29H,4-7,13-14,22-23H2,1-3H3,(H,35,39). The van der Waals surface area contributed by atoms with Crippen LogP contribution in [0.4, 0.5) is 5.69 Å². The average molecular weight is 626 g/mol. The van der Waals surface area contributed by atoms with Crippen LogP contribution in [0.5, 0.6) is 5.75 Å². The van der Waals surface area contributed by atoms with E-state index in [0.717, 1.165) is 41.1 Å². The Morgan fingerprint density at radius 3 is 2.35 bits per heavy atom. The van der Waals surface area contributed by atoms with E-state index in [9.17, 15) is 18.0 Å². The van der Waals surface area contributed by atoms with Crippen molar-refractivity contribution >= 4 is 39.1 Å². The van der Waals surface area contributed by atoms with Crippen molar-refractivity contribution in [3.63, 3.8) is 0 Å². The number of halogens is 1. The molecule has 1 saturated carbocycles. The van der Waals surface area contributed by atoms with Crippen LogP contribution in [-0.4, -0.2) is 50.4 Å². The van der Waals surface area contributed by atoms with Crippen molar-refractivity contribution in [2.75, 3.05) is 17.5 Å². The van der Waals surface area contributed by atoms with Gasteiger partial charge in [0.15, 0.2) is 0 Å². The number of para-hydroxylation sites is 2. The molecular formula is C33H40ClN3O5S. The van der Waals surface area contributed by atoms with Gasteiger partial charge >= 0.3 is 0 Å². The number of hydrogen-bond acceptors (Lipinski definition) is 5. The van der Waals surface area contributed by atoms with Crippen LogP contribution in [0.25, 0.3) is 0 Å². The van der Waals surface area contributed by atoms with Crippen molar-refractivity contribution in [3.8, 4) is 5.75 Å². The summed E-state index contributed by atoms with van der Waals surface area (Å²) in [4.78, 5) is 29.4. The molecule has 1 N–H and O–H groups in total. The lowest BCUT2D eigenvalue weighted by molar-refractivity contribution is -0.140. The van der Waals surface area contributed by atoms with E-state index in [4.69, 9.17) is 16.3 Å². The van der Waals surface area contributed by atoms with E-state index in [1.807, 2.05) is 38.1 Å². The maximum atomic E-state index is 14.3. The molecule has 1 aliphatic carbocycles. The lowest BCUT2D eigenvalue weighted by Gasteiger charge is -2.34. The fourth-order valence-electron chi connectivity index (χ4n) is 5.48. The normalized spacial score (nSPS) is 14.2. The topological polar surface area (TPSA) is 96.0 Å². The number of carbonyl (C=O) groups is 2. The maximum absolute atomic E-state index is 14.3. The SMILES string of the molecule is CCOc1ccccc1N(CC(=O)N(Cc1cccc(C)c1)C(CC)C(=O)NC1CCCC1)S(=O)(=O)c1ccc(Cl)cc1. The van der Waals surface area contributed by atoms with Gasteiger partial charge in [-0.15, -0.1) is 0 Å². The Hall–Kier alpha value is -3.56. The molecule has 1 atom stereocenters. The summed E-state index contributed by atoms with van der Waals surface area (Å²) in [5, 5.41) is 3.53. The van der Waals surface area contributed by atoms with Crippen LogP contribution in [0.1, 0.15) is 57.1 Å². The molecule has 0 spiro atoms.